The second-order valence-corrected chi connectivity index (χ2v) is 8.71. The number of thioether (sulfide) groups is 1. The number of likely N-dealkylation sites (N-methyl/N-ethyl adjacent to an activating group) is 1. The average Bonchev–Trinajstić information content (AvgIpc) is 2.98. The molecule has 23 heavy (non-hydrogen) atoms. The first-order chi connectivity index (χ1) is 10.6. The van der Waals surface area contributed by atoms with E-state index in [0.29, 0.717) is 4.75 Å². The van der Waals surface area contributed by atoms with Crippen LogP contribution in [0.2, 0.25) is 0 Å². The van der Waals surface area contributed by atoms with E-state index in [1.165, 1.54) is 50.7 Å². The van der Waals surface area contributed by atoms with Crippen molar-refractivity contribution in [3.05, 3.63) is 0 Å². The lowest BCUT2D eigenvalue weighted by Crippen LogP contribution is -2.46. The van der Waals surface area contributed by atoms with E-state index < -0.39 is 0 Å². The van der Waals surface area contributed by atoms with E-state index in [-0.39, 0.29) is 24.0 Å². The Kier molecular flexibility index (Phi) is 10.2. The van der Waals surface area contributed by atoms with Gasteiger partial charge in [-0.2, -0.15) is 11.8 Å². The Labute approximate surface area is 164 Å². The molecule has 0 bridgehead atoms. The van der Waals surface area contributed by atoms with Crippen molar-refractivity contribution in [1.82, 2.24) is 15.5 Å². The lowest BCUT2D eigenvalue weighted by Gasteiger charge is -2.31. The first kappa shape index (κ1) is 21.4. The summed E-state index contributed by atoms with van der Waals surface area (Å²) in [5.74, 6) is 2.25. The van der Waals surface area contributed by atoms with Crippen molar-refractivity contribution in [1.29, 1.82) is 0 Å². The summed E-state index contributed by atoms with van der Waals surface area (Å²) in [6, 6.07) is 0.791. The van der Waals surface area contributed by atoms with E-state index >= 15 is 0 Å². The van der Waals surface area contributed by atoms with E-state index in [2.05, 4.69) is 46.3 Å². The Hall–Kier alpha value is 0.310. The molecule has 1 saturated heterocycles. The maximum atomic E-state index is 4.36. The number of nitrogens with zero attached hydrogens (tertiary/aromatic N) is 2. The third-order valence-electron chi connectivity index (χ3n) is 5.11. The molecule has 0 aromatic rings. The summed E-state index contributed by atoms with van der Waals surface area (Å²) < 4.78 is 0.385. The average molecular weight is 454 g/mol. The molecular weight excluding hydrogens is 419 g/mol. The summed E-state index contributed by atoms with van der Waals surface area (Å²) in [6.45, 7) is 5.44. The molecule has 1 heterocycles. The third-order valence-corrected chi connectivity index (χ3v) is 6.65. The van der Waals surface area contributed by atoms with Crippen LogP contribution in [-0.4, -0.2) is 61.1 Å². The Bertz CT molecular complexity index is 353. The second-order valence-electron chi connectivity index (χ2n) is 7.03. The van der Waals surface area contributed by atoms with Gasteiger partial charge in [0.05, 0.1) is 0 Å². The molecule has 1 unspecified atom stereocenters. The van der Waals surface area contributed by atoms with Crippen LogP contribution in [0.5, 0.6) is 0 Å². The molecule has 136 valence electrons. The first-order valence-electron chi connectivity index (χ1n) is 8.92. The lowest BCUT2D eigenvalue weighted by atomic mass is 9.94. The Balaban J connectivity index is 0.00000264. The van der Waals surface area contributed by atoms with Gasteiger partial charge in [-0.3, -0.25) is 4.99 Å². The van der Waals surface area contributed by atoms with Gasteiger partial charge in [-0.05, 0) is 45.4 Å². The first-order valence-corrected chi connectivity index (χ1v) is 9.90. The minimum atomic E-state index is 0. The Morgan fingerprint density at radius 2 is 1.96 bits per heavy atom. The van der Waals surface area contributed by atoms with Gasteiger partial charge in [0.25, 0.3) is 0 Å². The van der Waals surface area contributed by atoms with Gasteiger partial charge >= 0.3 is 0 Å². The Morgan fingerprint density at radius 3 is 2.57 bits per heavy atom. The van der Waals surface area contributed by atoms with Crippen molar-refractivity contribution >= 4 is 41.7 Å². The fraction of sp³-hybridized carbons (Fsp3) is 0.941. The van der Waals surface area contributed by atoms with Crippen LogP contribution in [0.3, 0.4) is 0 Å². The molecule has 1 saturated carbocycles. The predicted molar refractivity (Wildman–Crippen MR) is 114 cm³/mol. The number of guanidine groups is 1. The number of aliphatic imine (C=N–C) groups is 1. The number of nitrogens with one attached hydrogen (secondary N) is 2. The lowest BCUT2D eigenvalue weighted by molar-refractivity contribution is 0.194. The van der Waals surface area contributed by atoms with E-state index in [1.54, 1.807) is 0 Å². The Morgan fingerprint density at radius 1 is 1.22 bits per heavy atom. The van der Waals surface area contributed by atoms with Gasteiger partial charge in [0.2, 0.25) is 0 Å². The normalized spacial score (nSPS) is 26.2. The highest BCUT2D eigenvalue weighted by molar-refractivity contribution is 14.0. The molecule has 0 aromatic heterocycles. The molecular formula is C17H35IN4S. The fourth-order valence-corrected chi connectivity index (χ4v) is 4.77. The van der Waals surface area contributed by atoms with Crippen molar-refractivity contribution in [3.8, 4) is 0 Å². The van der Waals surface area contributed by atoms with Crippen LogP contribution in [0, 0.1) is 0 Å². The highest BCUT2D eigenvalue weighted by Gasteiger charge is 2.29. The highest BCUT2D eigenvalue weighted by Crippen LogP contribution is 2.36. The second kappa shape index (κ2) is 11.0. The molecule has 1 aliphatic heterocycles. The van der Waals surface area contributed by atoms with Crippen LogP contribution in [0.1, 0.15) is 51.9 Å². The molecule has 1 aliphatic carbocycles. The topological polar surface area (TPSA) is 39.7 Å². The van der Waals surface area contributed by atoms with Crippen molar-refractivity contribution in [2.24, 2.45) is 4.99 Å². The standard InChI is InChI=1S/C17H34N4S.HI/c1-17(10-7-13-22-17)14-20-16(18-2)19-11-12-21(3)15-8-5-4-6-9-15;/h15H,4-14H2,1-3H3,(H2,18,19,20);1H. The maximum absolute atomic E-state index is 4.36. The minimum absolute atomic E-state index is 0. The summed E-state index contributed by atoms with van der Waals surface area (Å²) in [4.78, 5) is 6.88. The van der Waals surface area contributed by atoms with Gasteiger partial charge < -0.3 is 15.5 Å². The minimum Gasteiger partial charge on any atom is -0.355 e. The molecule has 2 N–H and O–H groups in total. The largest absolute Gasteiger partial charge is 0.355 e. The van der Waals surface area contributed by atoms with Crippen LogP contribution >= 0.6 is 35.7 Å². The monoisotopic (exact) mass is 454 g/mol. The summed E-state index contributed by atoms with van der Waals surface area (Å²) in [5, 5.41) is 6.97. The number of rotatable bonds is 6. The smallest absolute Gasteiger partial charge is 0.191 e. The van der Waals surface area contributed by atoms with E-state index in [0.717, 1.165) is 31.6 Å². The molecule has 1 atom stereocenters. The zero-order valence-electron chi connectivity index (χ0n) is 15.1. The number of hydrogen-bond donors (Lipinski definition) is 2. The van der Waals surface area contributed by atoms with Crippen LogP contribution in [-0.2, 0) is 0 Å². The van der Waals surface area contributed by atoms with E-state index in [4.69, 9.17) is 0 Å². The third kappa shape index (κ3) is 7.38. The molecule has 2 fully saturated rings. The molecule has 0 spiro atoms. The van der Waals surface area contributed by atoms with Gasteiger partial charge in [0.1, 0.15) is 0 Å². The zero-order valence-corrected chi connectivity index (χ0v) is 18.2. The van der Waals surface area contributed by atoms with Crippen LogP contribution in [0.4, 0.5) is 0 Å². The van der Waals surface area contributed by atoms with Crippen molar-refractivity contribution < 1.29 is 0 Å². The van der Waals surface area contributed by atoms with Gasteiger partial charge in [-0.1, -0.05) is 19.3 Å². The molecule has 6 heteroatoms. The van der Waals surface area contributed by atoms with Crippen molar-refractivity contribution in [2.75, 3.05) is 39.5 Å². The molecule has 0 radical (unpaired) electrons. The van der Waals surface area contributed by atoms with Gasteiger partial charge in [0.15, 0.2) is 5.96 Å². The van der Waals surface area contributed by atoms with Crippen LogP contribution in [0.25, 0.3) is 0 Å². The summed E-state index contributed by atoms with van der Waals surface area (Å²) >= 11 is 2.09. The SMILES string of the molecule is CN=C(NCCN(C)C1CCCCC1)NCC1(C)CCCS1.I. The van der Waals surface area contributed by atoms with Gasteiger partial charge in [-0.15, -0.1) is 24.0 Å². The molecule has 0 aromatic carbocycles. The van der Waals surface area contributed by atoms with Crippen molar-refractivity contribution in [2.45, 2.75) is 62.7 Å². The predicted octanol–water partition coefficient (Wildman–Crippen LogP) is 3.32. The molecule has 2 aliphatic rings. The van der Waals surface area contributed by atoms with Gasteiger partial charge in [-0.25, -0.2) is 0 Å². The molecule has 4 nitrogen and oxygen atoms in total. The van der Waals surface area contributed by atoms with Gasteiger partial charge in [0, 0.05) is 37.5 Å². The fourth-order valence-electron chi connectivity index (χ4n) is 3.52. The highest BCUT2D eigenvalue weighted by atomic mass is 127. The summed E-state index contributed by atoms with van der Waals surface area (Å²) in [7, 11) is 4.13. The summed E-state index contributed by atoms with van der Waals surface area (Å²) in [6.07, 6.45) is 9.64. The summed E-state index contributed by atoms with van der Waals surface area (Å²) in [5.41, 5.74) is 0. The van der Waals surface area contributed by atoms with E-state index in [1.807, 2.05) is 7.05 Å². The maximum Gasteiger partial charge on any atom is 0.191 e. The van der Waals surface area contributed by atoms with Crippen LogP contribution < -0.4 is 10.6 Å². The molecule has 0 amide bonds. The quantitative estimate of drug-likeness (QED) is 0.367. The van der Waals surface area contributed by atoms with E-state index in [9.17, 15) is 0 Å². The van der Waals surface area contributed by atoms with Crippen molar-refractivity contribution in [3.63, 3.8) is 0 Å². The number of hydrogen-bond acceptors (Lipinski definition) is 3. The number of halogens is 1. The van der Waals surface area contributed by atoms with Crippen LogP contribution in [0.15, 0.2) is 4.99 Å². The zero-order chi connectivity index (χ0) is 15.8. The molecule has 2 rings (SSSR count).